The maximum atomic E-state index is 11.6. The minimum absolute atomic E-state index is 0.0220. The topological polar surface area (TPSA) is 41.1 Å². The lowest BCUT2D eigenvalue weighted by Gasteiger charge is -2.25. The molecule has 0 aromatic heterocycles. The predicted molar refractivity (Wildman–Crippen MR) is 64.1 cm³/mol. The number of halogens is 2. The maximum Gasteiger partial charge on any atom is 0.230 e. The van der Waals surface area contributed by atoms with Crippen LogP contribution in [0.1, 0.15) is 0 Å². The lowest BCUT2D eigenvalue weighted by Crippen LogP contribution is -2.48. The second kappa shape index (κ2) is 4.51. The fourth-order valence-electron chi connectivity index (χ4n) is 1.30. The van der Waals surface area contributed by atoms with Gasteiger partial charge in [0.1, 0.15) is 0 Å². The summed E-state index contributed by atoms with van der Waals surface area (Å²) in [4.78, 5) is 11.6. The van der Waals surface area contributed by atoms with Crippen molar-refractivity contribution >= 4 is 39.1 Å². The number of hydrogen-bond donors (Lipinski definition) is 2. The molecule has 0 atom stereocenters. The molecule has 1 amide bonds. The second-order valence-corrected chi connectivity index (χ2v) is 4.79. The van der Waals surface area contributed by atoms with Crippen molar-refractivity contribution in [2.24, 2.45) is 5.92 Å². The van der Waals surface area contributed by atoms with Crippen LogP contribution in [0, 0.1) is 5.92 Å². The van der Waals surface area contributed by atoms with Crippen molar-refractivity contribution in [3.8, 4) is 0 Å². The van der Waals surface area contributed by atoms with Crippen LogP contribution in [0.15, 0.2) is 22.7 Å². The number of hydrogen-bond acceptors (Lipinski definition) is 2. The highest BCUT2D eigenvalue weighted by Gasteiger charge is 2.25. The Kier molecular flexibility index (Phi) is 3.29. The Hall–Kier alpha value is -0.580. The van der Waals surface area contributed by atoms with E-state index in [0.29, 0.717) is 10.7 Å². The van der Waals surface area contributed by atoms with E-state index < -0.39 is 0 Å². The number of amides is 1. The molecule has 0 bridgehead atoms. The van der Waals surface area contributed by atoms with Gasteiger partial charge in [-0.3, -0.25) is 4.79 Å². The highest BCUT2D eigenvalue weighted by molar-refractivity contribution is 9.10. The van der Waals surface area contributed by atoms with Gasteiger partial charge in [-0.15, -0.1) is 0 Å². The van der Waals surface area contributed by atoms with Crippen LogP contribution in [0.25, 0.3) is 0 Å². The lowest BCUT2D eigenvalue weighted by atomic mass is 10.0. The molecular weight excluding hydrogens is 279 g/mol. The number of benzene rings is 1. The van der Waals surface area contributed by atoms with Crippen LogP contribution in [0.5, 0.6) is 0 Å². The summed E-state index contributed by atoms with van der Waals surface area (Å²) in [7, 11) is 0. The average Bonchev–Trinajstić information content (AvgIpc) is 2.08. The van der Waals surface area contributed by atoms with Crippen LogP contribution in [-0.4, -0.2) is 19.0 Å². The SMILES string of the molecule is O=C(Nc1cc(Br)ccc1Cl)C1CNC1. The largest absolute Gasteiger partial charge is 0.324 e. The predicted octanol–water partition coefficient (Wildman–Crippen LogP) is 2.26. The van der Waals surface area contributed by atoms with Crippen LogP contribution >= 0.6 is 27.5 Å². The van der Waals surface area contributed by atoms with Gasteiger partial charge in [-0.05, 0) is 18.2 Å². The van der Waals surface area contributed by atoms with Crippen LogP contribution < -0.4 is 10.6 Å². The van der Waals surface area contributed by atoms with Gasteiger partial charge in [-0.25, -0.2) is 0 Å². The minimum atomic E-state index is 0.0220. The average molecular weight is 290 g/mol. The van der Waals surface area contributed by atoms with Gasteiger partial charge in [0.25, 0.3) is 0 Å². The molecule has 80 valence electrons. The summed E-state index contributed by atoms with van der Waals surface area (Å²) in [6.07, 6.45) is 0. The fraction of sp³-hybridized carbons (Fsp3) is 0.300. The normalized spacial score (nSPS) is 15.9. The number of nitrogens with one attached hydrogen (secondary N) is 2. The highest BCUT2D eigenvalue weighted by Crippen LogP contribution is 2.26. The quantitative estimate of drug-likeness (QED) is 0.877. The van der Waals surface area contributed by atoms with E-state index in [4.69, 9.17) is 11.6 Å². The zero-order valence-corrected chi connectivity index (χ0v) is 10.2. The van der Waals surface area contributed by atoms with Crippen molar-refractivity contribution in [2.45, 2.75) is 0 Å². The molecule has 2 rings (SSSR count). The van der Waals surface area contributed by atoms with Gasteiger partial charge >= 0.3 is 0 Å². The van der Waals surface area contributed by atoms with E-state index in [1.807, 2.05) is 6.07 Å². The molecule has 3 nitrogen and oxygen atoms in total. The van der Waals surface area contributed by atoms with E-state index in [-0.39, 0.29) is 11.8 Å². The third-order valence-electron chi connectivity index (χ3n) is 2.34. The molecule has 1 aliphatic heterocycles. The van der Waals surface area contributed by atoms with Crippen LogP contribution in [0.3, 0.4) is 0 Å². The van der Waals surface area contributed by atoms with Gasteiger partial charge in [0.15, 0.2) is 0 Å². The summed E-state index contributed by atoms with van der Waals surface area (Å²) in [6, 6.07) is 5.38. The standard InChI is InChI=1S/C10H10BrClN2O/c11-7-1-2-8(12)9(3-7)14-10(15)6-4-13-5-6/h1-3,6,13H,4-5H2,(H,14,15). The van der Waals surface area contributed by atoms with Crippen molar-refractivity contribution in [1.29, 1.82) is 0 Å². The van der Waals surface area contributed by atoms with Gasteiger partial charge in [0, 0.05) is 17.6 Å². The van der Waals surface area contributed by atoms with Gasteiger partial charge in [0.05, 0.1) is 16.6 Å². The number of anilines is 1. The Morgan fingerprint density at radius 3 is 2.87 bits per heavy atom. The van der Waals surface area contributed by atoms with Crippen molar-refractivity contribution in [1.82, 2.24) is 5.32 Å². The Balaban J connectivity index is 2.09. The summed E-state index contributed by atoms with van der Waals surface area (Å²) < 4.78 is 0.897. The molecule has 1 aliphatic rings. The van der Waals surface area contributed by atoms with E-state index >= 15 is 0 Å². The number of carbonyl (C=O) groups excluding carboxylic acids is 1. The molecule has 0 spiro atoms. The first-order valence-electron chi connectivity index (χ1n) is 4.63. The molecule has 1 saturated heterocycles. The zero-order valence-electron chi connectivity index (χ0n) is 7.89. The molecule has 2 N–H and O–H groups in total. The van der Waals surface area contributed by atoms with Crippen molar-refractivity contribution in [2.75, 3.05) is 18.4 Å². The summed E-state index contributed by atoms with van der Waals surface area (Å²) >= 11 is 9.29. The Morgan fingerprint density at radius 1 is 1.53 bits per heavy atom. The molecule has 15 heavy (non-hydrogen) atoms. The summed E-state index contributed by atoms with van der Waals surface area (Å²) in [5.41, 5.74) is 0.656. The number of carbonyl (C=O) groups is 1. The van der Waals surface area contributed by atoms with E-state index in [1.165, 1.54) is 0 Å². The smallest absolute Gasteiger partial charge is 0.230 e. The molecule has 0 unspecified atom stereocenters. The van der Waals surface area contributed by atoms with E-state index in [2.05, 4.69) is 26.6 Å². The van der Waals surface area contributed by atoms with Gasteiger partial charge in [0.2, 0.25) is 5.91 Å². The molecule has 5 heteroatoms. The third-order valence-corrected chi connectivity index (χ3v) is 3.16. The van der Waals surface area contributed by atoms with Crippen molar-refractivity contribution in [3.05, 3.63) is 27.7 Å². The summed E-state index contributed by atoms with van der Waals surface area (Å²) in [5.74, 6) is 0.0915. The zero-order chi connectivity index (χ0) is 10.8. The molecule has 0 saturated carbocycles. The van der Waals surface area contributed by atoms with Crippen LogP contribution in [-0.2, 0) is 4.79 Å². The van der Waals surface area contributed by atoms with Gasteiger partial charge in [-0.1, -0.05) is 27.5 Å². The Bertz CT molecular complexity index is 393. The van der Waals surface area contributed by atoms with E-state index in [1.54, 1.807) is 12.1 Å². The van der Waals surface area contributed by atoms with Gasteiger partial charge in [-0.2, -0.15) is 0 Å². The maximum absolute atomic E-state index is 11.6. The van der Waals surface area contributed by atoms with Gasteiger partial charge < -0.3 is 10.6 Å². The minimum Gasteiger partial charge on any atom is -0.324 e. The first-order chi connectivity index (χ1) is 7.16. The summed E-state index contributed by atoms with van der Waals surface area (Å²) in [5, 5.41) is 6.42. The fourth-order valence-corrected chi connectivity index (χ4v) is 1.83. The molecule has 0 radical (unpaired) electrons. The molecule has 1 fully saturated rings. The van der Waals surface area contributed by atoms with Crippen molar-refractivity contribution < 1.29 is 4.79 Å². The molecule has 0 aliphatic carbocycles. The second-order valence-electron chi connectivity index (χ2n) is 3.47. The molecular formula is C10H10BrClN2O. The van der Waals surface area contributed by atoms with E-state index in [0.717, 1.165) is 17.6 Å². The monoisotopic (exact) mass is 288 g/mol. The van der Waals surface area contributed by atoms with Crippen LogP contribution in [0.2, 0.25) is 5.02 Å². The van der Waals surface area contributed by atoms with E-state index in [9.17, 15) is 4.79 Å². The van der Waals surface area contributed by atoms with Crippen LogP contribution in [0.4, 0.5) is 5.69 Å². The first kappa shape index (κ1) is 10.9. The lowest BCUT2D eigenvalue weighted by molar-refractivity contribution is -0.121. The molecule has 1 aromatic carbocycles. The summed E-state index contributed by atoms with van der Waals surface area (Å²) in [6.45, 7) is 1.49. The van der Waals surface area contributed by atoms with Crippen molar-refractivity contribution in [3.63, 3.8) is 0 Å². The third kappa shape index (κ3) is 2.51. The highest BCUT2D eigenvalue weighted by atomic mass is 79.9. The number of rotatable bonds is 2. The Labute approximate surface area is 101 Å². The Morgan fingerprint density at radius 2 is 2.27 bits per heavy atom. The molecule has 1 aromatic rings. The molecule has 1 heterocycles. The first-order valence-corrected chi connectivity index (χ1v) is 5.80.